The minimum Gasteiger partial charge on any atom is -0.455 e. The van der Waals surface area contributed by atoms with Crippen LogP contribution >= 0.6 is 11.6 Å². The van der Waals surface area contributed by atoms with Gasteiger partial charge < -0.3 is 4.74 Å². The van der Waals surface area contributed by atoms with Crippen molar-refractivity contribution in [3.05, 3.63) is 34.9 Å². The van der Waals surface area contributed by atoms with E-state index in [1.165, 1.54) is 12.1 Å². The first-order valence-electron chi connectivity index (χ1n) is 6.57. The maximum atomic E-state index is 11.7. The molecule has 1 aromatic rings. The lowest BCUT2D eigenvalue weighted by molar-refractivity contribution is -0.155. The Kier molecular flexibility index (Phi) is 5.16. The van der Waals surface area contributed by atoms with E-state index < -0.39 is 18.4 Å². The smallest absolute Gasteiger partial charge is 0.309 e. The number of amides is 2. The summed E-state index contributed by atoms with van der Waals surface area (Å²) >= 11 is 5.71. The van der Waals surface area contributed by atoms with Crippen LogP contribution in [0.1, 0.15) is 29.6 Å². The summed E-state index contributed by atoms with van der Waals surface area (Å²) in [5.74, 6) is -1.52. The number of hydrogen-bond acceptors (Lipinski definition) is 4. The van der Waals surface area contributed by atoms with Gasteiger partial charge in [-0.05, 0) is 37.1 Å². The van der Waals surface area contributed by atoms with Crippen molar-refractivity contribution in [2.24, 2.45) is 5.92 Å². The van der Waals surface area contributed by atoms with Gasteiger partial charge >= 0.3 is 5.97 Å². The normalized spacial score (nSPS) is 14.0. The fourth-order valence-electron chi connectivity index (χ4n) is 1.73. The summed E-state index contributed by atoms with van der Waals surface area (Å²) in [6.45, 7) is -0.407. The van der Waals surface area contributed by atoms with Gasteiger partial charge in [0, 0.05) is 10.6 Å². The highest BCUT2D eigenvalue weighted by atomic mass is 35.5. The third-order valence-electron chi connectivity index (χ3n) is 3.21. The second-order valence-corrected chi connectivity index (χ2v) is 5.18. The molecule has 0 spiro atoms. The molecule has 6 nitrogen and oxygen atoms in total. The Labute approximate surface area is 126 Å². The summed E-state index contributed by atoms with van der Waals surface area (Å²) in [5.41, 5.74) is 4.76. The molecule has 2 rings (SSSR count). The average molecular weight is 311 g/mol. The Morgan fingerprint density at radius 3 is 2.38 bits per heavy atom. The zero-order valence-electron chi connectivity index (χ0n) is 11.2. The topological polar surface area (TPSA) is 84.5 Å². The molecular formula is C14H15ClN2O4. The Bertz CT molecular complexity index is 540. The lowest BCUT2D eigenvalue weighted by Crippen LogP contribution is -2.44. The molecule has 2 amide bonds. The number of hydrogen-bond donors (Lipinski definition) is 2. The van der Waals surface area contributed by atoms with E-state index in [1.807, 2.05) is 0 Å². The van der Waals surface area contributed by atoms with E-state index >= 15 is 0 Å². The number of rotatable bonds is 4. The largest absolute Gasteiger partial charge is 0.455 e. The highest BCUT2D eigenvalue weighted by molar-refractivity contribution is 6.30. The number of carbonyl (C=O) groups excluding carboxylic acids is 3. The Hall–Kier alpha value is -2.08. The minimum atomic E-state index is -0.593. The van der Waals surface area contributed by atoms with Crippen molar-refractivity contribution in [3.8, 4) is 0 Å². The van der Waals surface area contributed by atoms with Crippen LogP contribution < -0.4 is 10.9 Å². The van der Waals surface area contributed by atoms with Crippen molar-refractivity contribution in [1.29, 1.82) is 0 Å². The van der Waals surface area contributed by atoms with Crippen LogP contribution in [-0.2, 0) is 14.3 Å². The number of halogens is 1. The second-order valence-electron chi connectivity index (χ2n) is 4.74. The summed E-state index contributed by atoms with van der Waals surface area (Å²) in [6, 6.07) is 6.19. The van der Waals surface area contributed by atoms with E-state index in [-0.39, 0.29) is 11.9 Å². The first kappa shape index (κ1) is 15.3. The first-order chi connectivity index (χ1) is 10.1. The van der Waals surface area contributed by atoms with Gasteiger partial charge in [-0.25, -0.2) is 0 Å². The zero-order valence-corrected chi connectivity index (χ0v) is 12.0. The maximum absolute atomic E-state index is 11.7. The molecule has 0 atom stereocenters. The third-order valence-corrected chi connectivity index (χ3v) is 3.46. The summed E-state index contributed by atoms with van der Waals surface area (Å²) in [6.07, 6.45) is 2.64. The summed E-state index contributed by atoms with van der Waals surface area (Å²) in [5, 5.41) is 0.512. The van der Waals surface area contributed by atoms with Gasteiger partial charge in [-0.15, -0.1) is 0 Å². The molecule has 0 aliphatic heterocycles. The fourth-order valence-corrected chi connectivity index (χ4v) is 1.86. The molecule has 0 aromatic heterocycles. The van der Waals surface area contributed by atoms with E-state index in [0.717, 1.165) is 19.3 Å². The van der Waals surface area contributed by atoms with Crippen molar-refractivity contribution in [1.82, 2.24) is 10.9 Å². The number of benzene rings is 1. The van der Waals surface area contributed by atoms with Crippen molar-refractivity contribution in [2.45, 2.75) is 19.3 Å². The van der Waals surface area contributed by atoms with Gasteiger partial charge in [0.15, 0.2) is 6.61 Å². The summed E-state index contributed by atoms with van der Waals surface area (Å²) < 4.78 is 4.84. The first-order valence-corrected chi connectivity index (χ1v) is 6.95. The van der Waals surface area contributed by atoms with Gasteiger partial charge in [0.2, 0.25) is 0 Å². The van der Waals surface area contributed by atoms with Crippen molar-refractivity contribution in [2.75, 3.05) is 6.61 Å². The van der Waals surface area contributed by atoms with Gasteiger partial charge in [-0.1, -0.05) is 18.0 Å². The monoisotopic (exact) mass is 310 g/mol. The van der Waals surface area contributed by atoms with Crippen molar-refractivity contribution < 1.29 is 19.1 Å². The molecular weight excluding hydrogens is 296 g/mol. The van der Waals surface area contributed by atoms with E-state index in [4.69, 9.17) is 16.3 Å². The van der Waals surface area contributed by atoms with Crippen molar-refractivity contribution >= 4 is 29.4 Å². The maximum Gasteiger partial charge on any atom is 0.309 e. The van der Waals surface area contributed by atoms with Crippen LogP contribution in [0, 0.1) is 5.92 Å². The number of ether oxygens (including phenoxy) is 1. The van der Waals surface area contributed by atoms with Crippen LogP contribution in [0.15, 0.2) is 24.3 Å². The molecule has 21 heavy (non-hydrogen) atoms. The molecule has 2 N–H and O–H groups in total. The highest BCUT2D eigenvalue weighted by Gasteiger charge is 2.27. The van der Waals surface area contributed by atoms with Gasteiger partial charge in [-0.3, -0.25) is 25.2 Å². The second kappa shape index (κ2) is 7.08. The molecule has 0 heterocycles. The van der Waals surface area contributed by atoms with Gasteiger partial charge in [-0.2, -0.15) is 0 Å². The van der Waals surface area contributed by atoms with Gasteiger partial charge in [0.25, 0.3) is 11.8 Å². The molecule has 1 aliphatic carbocycles. The number of nitrogens with one attached hydrogen (secondary N) is 2. The van der Waals surface area contributed by atoms with Crippen LogP contribution in [0.3, 0.4) is 0 Å². The predicted molar refractivity (Wildman–Crippen MR) is 75.4 cm³/mol. The predicted octanol–water partition coefficient (Wildman–Crippen LogP) is 1.44. The van der Waals surface area contributed by atoms with Crippen LogP contribution in [0.2, 0.25) is 5.02 Å². The Morgan fingerprint density at radius 1 is 1.14 bits per heavy atom. The molecule has 0 radical (unpaired) electrons. The third kappa shape index (κ3) is 4.46. The minimum absolute atomic E-state index is 0.0820. The van der Waals surface area contributed by atoms with E-state index in [9.17, 15) is 14.4 Å². The van der Waals surface area contributed by atoms with Gasteiger partial charge in [0.05, 0.1) is 5.92 Å². The summed E-state index contributed by atoms with van der Waals surface area (Å²) in [4.78, 5) is 34.5. The fraction of sp³-hybridized carbons (Fsp3) is 0.357. The standard InChI is InChI=1S/C14H15ClN2O4/c15-11-6-4-9(5-7-11)13(19)17-16-12(18)8-21-14(20)10-2-1-3-10/h4-7,10H,1-3,8H2,(H,16,18)(H,17,19). The van der Waals surface area contributed by atoms with Crippen LogP contribution in [0.4, 0.5) is 0 Å². The van der Waals surface area contributed by atoms with Gasteiger partial charge in [0.1, 0.15) is 0 Å². The number of esters is 1. The van der Waals surface area contributed by atoms with E-state index in [2.05, 4.69) is 10.9 Å². The van der Waals surface area contributed by atoms with Crippen LogP contribution in [0.5, 0.6) is 0 Å². The number of carbonyl (C=O) groups is 3. The highest BCUT2D eigenvalue weighted by Crippen LogP contribution is 2.27. The molecule has 1 aromatic carbocycles. The molecule has 1 aliphatic rings. The molecule has 7 heteroatoms. The van der Waals surface area contributed by atoms with E-state index in [1.54, 1.807) is 12.1 Å². The Morgan fingerprint density at radius 2 is 1.81 bits per heavy atom. The molecule has 0 saturated heterocycles. The molecule has 1 saturated carbocycles. The molecule has 0 unspecified atom stereocenters. The SMILES string of the molecule is O=C(COC(=O)C1CCC1)NNC(=O)c1ccc(Cl)cc1. The average Bonchev–Trinajstić information content (AvgIpc) is 2.41. The number of hydrazine groups is 1. The molecule has 112 valence electrons. The lowest BCUT2D eigenvalue weighted by atomic mass is 9.86. The zero-order chi connectivity index (χ0) is 15.2. The van der Waals surface area contributed by atoms with Crippen LogP contribution in [0.25, 0.3) is 0 Å². The summed E-state index contributed by atoms with van der Waals surface area (Å²) in [7, 11) is 0. The van der Waals surface area contributed by atoms with Crippen LogP contribution in [-0.4, -0.2) is 24.4 Å². The quantitative estimate of drug-likeness (QED) is 0.651. The lowest BCUT2D eigenvalue weighted by Gasteiger charge is -2.22. The Balaban J connectivity index is 1.69. The van der Waals surface area contributed by atoms with Crippen molar-refractivity contribution in [3.63, 3.8) is 0 Å². The van der Waals surface area contributed by atoms with E-state index in [0.29, 0.717) is 10.6 Å². The molecule has 0 bridgehead atoms. The molecule has 1 fully saturated rings.